The van der Waals surface area contributed by atoms with Gasteiger partial charge >= 0.3 is 0 Å². The summed E-state index contributed by atoms with van der Waals surface area (Å²) in [5.41, 5.74) is 2.50. The minimum Gasteiger partial charge on any atom is -0.472 e. The fraction of sp³-hybridized carbons (Fsp3) is 0.400. The fourth-order valence-electron chi connectivity index (χ4n) is 1.96. The van der Waals surface area contributed by atoms with E-state index in [2.05, 4.69) is 34.3 Å². The van der Waals surface area contributed by atoms with Crippen LogP contribution in [0.4, 0.5) is 0 Å². The molecule has 1 N–H and O–H groups in total. The summed E-state index contributed by atoms with van der Waals surface area (Å²) in [6, 6.07) is 6.13. The summed E-state index contributed by atoms with van der Waals surface area (Å²) in [5.74, 6) is 0. The first kappa shape index (κ1) is 13.8. The van der Waals surface area contributed by atoms with Gasteiger partial charge in [0.25, 0.3) is 0 Å². The Hall–Kier alpha value is -1.65. The number of rotatable bonds is 8. The zero-order valence-electron chi connectivity index (χ0n) is 11.4. The second-order valence-corrected chi connectivity index (χ2v) is 4.53. The van der Waals surface area contributed by atoms with Gasteiger partial charge in [0, 0.05) is 44.1 Å². The van der Waals surface area contributed by atoms with Gasteiger partial charge in [0.2, 0.25) is 0 Å². The van der Waals surface area contributed by atoms with E-state index >= 15 is 0 Å². The van der Waals surface area contributed by atoms with E-state index < -0.39 is 0 Å². The molecule has 4 nitrogen and oxygen atoms in total. The number of likely N-dealkylation sites (N-methyl/N-ethyl adjacent to an activating group) is 1. The van der Waals surface area contributed by atoms with Crippen LogP contribution in [0.2, 0.25) is 0 Å². The van der Waals surface area contributed by atoms with Gasteiger partial charge in [0.15, 0.2) is 0 Å². The standard InChI is InChI=1S/C15H21N3O/c1-2-18(12-14-3-6-16-7-4-14)9-8-17-11-15-5-10-19-13-15/h3-7,10,13,17H,2,8-9,11-12H2,1H3. The number of hydrogen-bond acceptors (Lipinski definition) is 4. The number of hydrogen-bond donors (Lipinski definition) is 1. The molecule has 0 spiro atoms. The molecule has 0 bridgehead atoms. The highest BCUT2D eigenvalue weighted by Crippen LogP contribution is 2.02. The van der Waals surface area contributed by atoms with E-state index in [0.29, 0.717) is 0 Å². The molecule has 2 rings (SSSR count). The Morgan fingerprint density at radius 2 is 2.05 bits per heavy atom. The summed E-state index contributed by atoms with van der Waals surface area (Å²) < 4.78 is 5.04. The molecule has 0 saturated carbocycles. The predicted octanol–water partition coefficient (Wildman–Crippen LogP) is 2.29. The number of pyridine rings is 1. The molecule has 2 aromatic rings. The van der Waals surface area contributed by atoms with Crippen molar-refractivity contribution in [3.8, 4) is 0 Å². The predicted molar refractivity (Wildman–Crippen MR) is 75.6 cm³/mol. The van der Waals surface area contributed by atoms with Crippen molar-refractivity contribution in [2.75, 3.05) is 19.6 Å². The van der Waals surface area contributed by atoms with Gasteiger partial charge in [-0.05, 0) is 30.3 Å². The van der Waals surface area contributed by atoms with Crippen molar-refractivity contribution in [3.63, 3.8) is 0 Å². The lowest BCUT2D eigenvalue weighted by molar-refractivity contribution is 0.279. The molecule has 0 saturated heterocycles. The monoisotopic (exact) mass is 259 g/mol. The van der Waals surface area contributed by atoms with Gasteiger partial charge in [0.05, 0.1) is 12.5 Å². The van der Waals surface area contributed by atoms with Crippen LogP contribution in [0.15, 0.2) is 47.5 Å². The van der Waals surface area contributed by atoms with E-state index in [-0.39, 0.29) is 0 Å². The van der Waals surface area contributed by atoms with Crippen LogP contribution in [-0.2, 0) is 13.1 Å². The van der Waals surface area contributed by atoms with Crippen molar-refractivity contribution in [2.24, 2.45) is 0 Å². The summed E-state index contributed by atoms with van der Waals surface area (Å²) in [6.07, 6.45) is 7.18. The second-order valence-electron chi connectivity index (χ2n) is 4.53. The Bertz CT molecular complexity index is 442. The Labute approximate surface area is 114 Å². The molecular weight excluding hydrogens is 238 g/mol. The van der Waals surface area contributed by atoms with E-state index in [0.717, 1.165) is 32.7 Å². The highest BCUT2D eigenvalue weighted by molar-refractivity contribution is 5.09. The minimum absolute atomic E-state index is 0.864. The number of aromatic nitrogens is 1. The Morgan fingerprint density at radius 1 is 1.21 bits per heavy atom. The van der Waals surface area contributed by atoms with Crippen LogP contribution in [-0.4, -0.2) is 29.5 Å². The molecule has 19 heavy (non-hydrogen) atoms. The Kier molecular flexibility index (Phi) is 5.59. The largest absolute Gasteiger partial charge is 0.472 e. The maximum Gasteiger partial charge on any atom is 0.0947 e. The lowest BCUT2D eigenvalue weighted by Crippen LogP contribution is -2.31. The van der Waals surface area contributed by atoms with Crippen LogP contribution in [0.25, 0.3) is 0 Å². The number of nitrogens with one attached hydrogen (secondary N) is 1. The molecule has 0 fully saturated rings. The van der Waals surface area contributed by atoms with Crippen molar-refractivity contribution in [2.45, 2.75) is 20.0 Å². The normalized spacial score (nSPS) is 11.1. The molecule has 0 unspecified atom stereocenters. The van der Waals surface area contributed by atoms with Crippen LogP contribution >= 0.6 is 0 Å². The lowest BCUT2D eigenvalue weighted by Gasteiger charge is -2.20. The smallest absolute Gasteiger partial charge is 0.0947 e. The second kappa shape index (κ2) is 7.71. The zero-order chi connectivity index (χ0) is 13.3. The quantitative estimate of drug-likeness (QED) is 0.739. The van der Waals surface area contributed by atoms with Crippen LogP contribution in [0, 0.1) is 0 Å². The molecule has 102 valence electrons. The van der Waals surface area contributed by atoms with Gasteiger partial charge in [-0.25, -0.2) is 0 Å². The third-order valence-corrected chi connectivity index (χ3v) is 3.12. The van der Waals surface area contributed by atoms with Crippen LogP contribution in [0.5, 0.6) is 0 Å². The van der Waals surface area contributed by atoms with E-state index in [1.807, 2.05) is 18.5 Å². The van der Waals surface area contributed by atoms with E-state index in [9.17, 15) is 0 Å². The van der Waals surface area contributed by atoms with Crippen molar-refractivity contribution in [1.29, 1.82) is 0 Å². The Morgan fingerprint density at radius 3 is 2.74 bits per heavy atom. The summed E-state index contributed by atoms with van der Waals surface area (Å²) >= 11 is 0. The third-order valence-electron chi connectivity index (χ3n) is 3.12. The fourth-order valence-corrected chi connectivity index (χ4v) is 1.96. The Balaban J connectivity index is 1.68. The molecule has 0 atom stereocenters. The van der Waals surface area contributed by atoms with Crippen LogP contribution < -0.4 is 5.32 Å². The van der Waals surface area contributed by atoms with Crippen molar-refractivity contribution in [1.82, 2.24) is 15.2 Å². The van der Waals surface area contributed by atoms with E-state index in [4.69, 9.17) is 4.42 Å². The number of furan rings is 1. The molecule has 2 heterocycles. The van der Waals surface area contributed by atoms with Gasteiger partial charge in [-0.15, -0.1) is 0 Å². The maximum atomic E-state index is 5.04. The van der Waals surface area contributed by atoms with E-state index in [1.54, 1.807) is 12.5 Å². The highest BCUT2D eigenvalue weighted by Gasteiger charge is 2.03. The zero-order valence-corrected chi connectivity index (χ0v) is 11.4. The van der Waals surface area contributed by atoms with Gasteiger partial charge < -0.3 is 9.73 Å². The molecule has 4 heteroatoms. The molecule has 0 aliphatic heterocycles. The summed E-state index contributed by atoms with van der Waals surface area (Å²) in [5, 5.41) is 3.42. The SMILES string of the molecule is CCN(CCNCc1ccoc1)Cc1ccncc1. The van der Waals surface area contributed by atoms with Crippen molar-refractivity contribution >= 4 is 0 Å². The first-order valence-corrected chi connectivity index (χ1v) is 6.71. The number of nitrogens with zero attached hydrogens (tertiary/aromatic N) is 2. The molecule has 0 aliphatic carbocycles. The van der Waals surface area contributed by atoms with Crippen molar-refractivity contribution in [3.05, 3.63) is 54.2 Å². The van der Waals surface area contributed by atoms with Gasteiger partial charge in [-0.2, -0.15) is 0 Å². The first-order valence-electron chi connectivity index (χ1n) is 6.71. The van der Waals surface area contributed by atoms with Crippen LogP contribution in [0.3, 0.4) is 0 Å². The molecule has 0 aliphatic rings. The summed E-state index contributed by atoms with van der Waals surface area (Å²) in [7, 11) is 0. The van der Waals surface area contributed by atoms with Gasteiger partial charge in [-0.3, -0.25) is 9.88 Å². The van der Waals surface area contributed by atoms with Gasteiger partial charge in [0.1, 0.15) is 0 Å². The average molecular weight is 259 g/mol. The topological polar surface area (TPSA) is 41.3 Å². The maximum absolute atomic E-state index is 5.04. The molecular formula is C15H21N3O. The highest BCUT2D eigenvalue weighted by atomic mass is 16.3. The average Bonchev–Trinajstić information content (AvgIpc) is 2.96. The van der Waals surface area contributed by atoms with Crippen LogP contribution in [0.1, 0.15) is 18.1 Å². The summed E-state index contributed by atoms with van der Waals surface area (Å²) in [6.45, 7) is 7.10. The van der Waals surface area contributed by atoms with Crippen molar-refractivity contribution < 1.29 is 4.42 Å². The van der Waals surface area contributed by atoms with Gasteiger partial charge in [-0.1, -0.05) is 6.92 Å². The molecule has 0 amide bonds. The first-order chi connectivity index (χ1) is 9.38. The third kappa shape index (κ3) is 4.85. The molecule has 2 aromatic heterocycles. The lowest BCUT2D eigenvalue weighted by atomic mass is 10.2. The minimum atomic E-state index is 0.864. The molecule has 0 radical (unpaired) electrons. The van der Waals surface area contributed by atoms with E-state index in [1.165, 1.54) is 11.1 Å². The molecule has 0 aromatic carbocycles. The summed E-state index contributed by atoms with van der Waals surface area (Å²) in [4.78, 5) is 6.46.